The van der Waals surface area contributed by atoms with Crippen LogP contribution in [-0.2, 0) is 14.4 Å². The highest BCUT2D eigenvalue weighted by atomic mass is 32.2. The van der Waals surface area contributed by atoms with E-state index < -0.39 is 34.2 Å². The van der Waals surface area contributed by atoms with Crippen molar-refractivity contribution in [3.05, 3.63) is 35.9 Å². The van der Waals surface area contributed by atoms with Crippen LogP contribution in [0.15, 0.2) is 30.3 Å². The summed E-state index contributed by atoms with van der Waals surface area (Å²) in [5.74, 6) is -1.51. The Labute approximate surface area is 200 Å². The molecule has 3 aliphatic rings. The Hall–Kier alpha value is -2.06. The van der Waals surface area contributed by atoms with E-state index in [0.29, 0.717) is 13.0 Å². The van der Waals surface area contributed by atoms with Gasteiger partial charge in [-0.1, -0.05) is 37.3 Å². The highest BCUT2D eigenvalue weighted by Gasteiger charge is 2.74. The van der Waals surface area contributed by atoms with Crippen LogP contribution >= 0.6 is 11.8 Å². The molecule has 3 heterocycles. The van der Waals surface area contributed by atoms with Gasteiger partial charge >= 0.3 is 0 Å². The second-order valence-corrected chi connectivity index (χ2v) is 12.0. The number of benzene rings is 1. The number of fused-ring (bicyclic) bond motifs is 1. The zero-order valence-corrected chi connectivity index (χ0v) is 20.7. The minimum absolute atomic E-state index is 0.0344. The smallest absolute Gasteiger partial charge is 0.244 e. The molecule has 3 fully saturated rings. The number of hydrogen-bond acceptors (Lipinski definition) is 5. The Balaban J connectivity index is 1.78. The normalized spacial score (nSPS) is 31.4. The van der Waals surface area contributed by atoms with Gasteiger partial charge in [0.05, 0.1) is 29.2 Å². The maximum Gasteiger partial charge on any atom is 0.244 e. The summed E-state index contributed by atoms with van der Waals surface area (Å²) >= 11 is 1.65. The molecule has 0 radical (unpaired) electrons. The van der Waals surface area contributed by atoms with Crippen LogP contribution in [0.25, 0.3) is 0 Å². The van der Waals surface area contributed by atoms with Crippen molar-refractivity contribution in [2.75, 3.05) is 13.2 Å². The van der Waals surface area contributed by atoms with Crippen LogP contribution in [0.5, 0.6) is 0 Å². The number of aliphatic hydroxyl groups excluding tert-OH is 1. The Morgan fingerprint density at radius 3 is 2.55 bits per heavy atom. The number of hydrogen-bond donors (Lipinski definition) is 3. The predicted octanol–water partition coefficient (Wildman–Crippen LogP) is 2.25. The summed E-state index contributed by atoms with van der Waals surface area (Å²) in [6, 6.07) is 7.96. The molecule has 0 aromatic heterocycles. The fourth-order valence-corrected chi connectivity index (χ4v) is 8.07. The first-order valence-corrected chi connectivity index (χ1v) is 12.8. The topological polar surface area (TPSA) is 98.7 Å². The number of carbonyl (C=O) groups is 3. The fraction of sp³-hybridized carbons (Fsp3) is 0.640. The summed E-state index contributed by atoms with van der Waals surface area (Å²) in [6.07, 6.45) is 2.34. The zero-order valence-electron chi connectivity index (χ0n) is 19.8. The van der Waals surface area contributed by atoms with Gasteiger partial charge in [-0.3, -0.25) is 14.4 Å². The molecule has 0 aliphatic carbocycles. The van der Waals surface area contributed by atoms with Gasteiger partial charge in [-0.2, -0.15) is 0 Å². The van der Waals surface area contributed by atoms with E-state index in [-0.39, 0.29) is 29.6 Å². The Bertz CT molecular complexity index is 918. The minimum Gasteiger partial charge on any atom is -0.394 e. The number of nitrogens with one attached hydrogen (secondary N) is 2. The first kappa shape index (κ1) is 24.1. The summed E-state index contributed by atoms with van der Waals surface area (Å²) < 4.78 is -0.659. The van der Waals surface area contributed by atoms with E-state index in [0.717, 1.165) is 18.4 Å². The first-order valence-electron chi connectivity index (χ1n) is 11.9. The molecule has 1 aromatic carbocycles. The molecule has 6 atom stereocenters. The molecule has 1 aromatic rings. The monoisotopic (exact) mass is 473 g/mol. The van der Waals surface area contributed by atoms with E-state index in [1.54, 1.807) is 16.7 Å². The van der Waals surface area contributed by atoms with E-state index >= 15 is 0 Å². The molecule has 2 unspecified atom stereocenters. The van der Waals surface area contributed by atoms with Crippen molar-refractivity contribution >= 4 is 29.5 Å². The maximum atomic E-state index is 14.1. The Morgan fingerprint density at radius 1 is 1.24 bits per heavy atom. The number of rotatable bonds is 7. The lowest BCUT2D eigenvalue weighted by atomic mass is 9.70. The third kappa shape index (κ3) is 4.05. The number of aliphatic hydroxyl groups is 1. The lowest BCUT2D eigenvalue weighted by Crippen LogP contribution is -2.57. The molecule has 4 rings (SSSR count). The molecule has 2 bridgehead atoms. The van der Waals surface area contributed by atoms with Gasteiger partial charge in [-0.15, -0.1) is 11.8 Å². The van der Waals surface area contributed by atoms with Crippen LogP contribution in [0, 0.1) is 11.8 Å². The SMILES string of the molecule is CCCNC(=O)[C@@H]1[C@@H]2CCC3(S2)C(C(=O)NC(C)(C)C)N([C@H](CO)c2ccccc2)C(=O)[C@H]13. The summed E-state index contributed by atoms with van der Waals surface area (Å²) in [4.78, 5) is 42.5. The van der Waals surface area contributed by atoms with E-state index in [1.165, 1.54) is 0 Å². The molecule has 0 saturated carbocycles. The van der Waals surface area contributed by atoms with Crippen molar-refractivity contribution in [2.24, 2.45) is 11.8 Å². The van der Waals surface area contributed by atoms with E-state index in [9.17, 15) is 19.5 Å². The molecule has 1 spiro atoms. The largest absolute Gasteiger partial charge is 0.394 e. The van der Waals surface area contributed by atoms with Gasteiger partial charge in [0.1, 0.15) is 6.04 Å². The predicted molar refractivity (Wildman–Crippen MR) is 128 cm³/mol. The van der Waals surface area contributed by atoms with Gasteiger partial charge in [0, 0.05) is 17.3 Å². The third-order valence-electron chi connectivity index (χ3n) is 7.03. The van der Waals surface area contributed by atoms with Crippen LogP contribution in [0.3, 0.4) is 0 Å². The summed E-state index contributed by atoms with van der Waals surface area (Å²) in [5, 5.41) is 16.5. The number of nitrogens with zero attached hydrogens (tertiary/aromatic N) is 1. The second kappa shape index (κ2) is 8.95. The van der Waals surface area contributed by atoms with Gasteiger partial charge in [0.2, 0.25) is 17.7 Å². The minimum atomic E-state index is -0.745. The average molecular weight is 474 g/mol. The van der Waals surface area contributed by atoms with E-state index in [1.807, 2.05) is 58.0 Å². The molecule has 3 saturated heterocycles. The molecule has 3 N–H and O–H groups in total. The van der Waals surface area contributed by atoms with Crippen LogP contribution in [0.2, 0.25) is 0 Å². The third-order valence-corrected chi connectivity index (χ3v) is 8.98. The van der Waals surface area contributed by atoms with Gasteiger partial charge in [0.15, 0.2) is 0 Å². The molecular weight excluding hydrogens is 438 g/mol. The van der Waals surface area contributed by atoms with Gasteiger partial charge < -0.3 is 20.6 Å². The van der Waals surface area contributed by atoms with Gasteiger partial charge in [-0.05, 0) is 45.6 Å². The van der Waals surface area contributed by atoms with Gasteiger partial charge in [0.25, 0.3) is 0 Å². The quantitative estimate of drug-likeness (QED) is 0.564. The van der Waals surface area contributed by atoms with Crippen LogP contribution in [0.4, 0.5) is 0 Å². The summed E-state index contributed by atoms with van der Waals surface area (Å²) in [5.41, 5.74) is 0.311. The zero-order chi connectivity index (χ0) is 24.0. The van der Waals surface area contributed by atoms with Crippen molar-refractivity contribution in [2.45, 2.75) is 74.6 Å². The number of carbonyl (C=O) groups excluding carboxylic acids is 3. The Morgan fingerprint density at radius 2 is 1.94 bits per heavy atom. The van der Waals surface area contributed by atoms with Crippen molar-refractivity contribution < 1.29 is 19.5 Å². The summed E-state index contributed by atoms with van der Waals surface area (Å²) in [7, 11) is 0. The van der Waals surface area contributed by atoms with Crippen molar-refractivity contribution in [1.82, 2.24) is 15.5 Å². The molecule has 3 amide bonds. The second-order valence-electron chi connectivity index (χ2n) is 10.4. The molecule has 3 aliphatic heterocycles. The first-order chi connectivity index (χ1) is 15.6. The molecular formula is C25H35N3O4S. The number of thioether (sulfide) groups is 1. The van der Waals surface area contributed by atoms with Crippen molar-refractivity contribution in [3.8, 4) is 0 Å². The lowest BCUT2D eigenvalue weighted by Gasteiger charge is -2.38. The summed E-state index contributed by atoms with van der Waals surface area (Å²) in [6.45, 7) is 8.03. The van der Waals surface area contributed by atoms with Crippen LogP contribution in [-0.4, -0.2) is 62.5 Å². The average Bonchev–Trinajstić information content (AvgIpc) is 3.40. The molecule has 33 heavy (non-hydrogen) atoms. The molecule has 180 valence electrons. The maximum absolute atomic E-state index is 14.1. The number of likely N-dealkylation sites (tertiary alicyclic amines) is 1. The molecule has 7 nitrogen and oxygen atoms in total. The van der Waals surface area contributed by atoms with Crippen LogP contribution in [0.1, 0.15) is 58.6 Å². The number of amides is 3. The van der Waals surface area contributed by atoms with Crippen LogP contribution < -0.4 is 10.6 Å². The van der Waals surface area contributed by atoms with Crippen molar-refractivity contribution in [1.29, 1.82) is 0 Å². The highest BCUT2D eigenvalue weighted by Crippen LogP contribution is 2.67. The Kier molecular flexibility index (Phi) is 6.53. The van der Waals surface area contributed by atoms with Crippen molar-refractivity contribution in [3.63, 3.8) is 0 Å². The lowest BCUT2D eigenvalue weighted by molar-refractivity contribution is -0.143. The van der Waals surface area contributed by atoms with E-state index in [4.69, 9.17) is 0 Å². The van der Waals surface area contributed by atoms with Gasteiger partial charge in [-0.25, -0.2) is 0 Å². The standard InChI is InChI=1S/C25H35N3O4S/c1-5-13-26-21(30)18-17-11-12-25(33-17)19(18)23(32)28(20(25)22(31)27-24(2,3)4)16(14-29)15-9-7-6-8-10-15/h6-10,16-20,29H,5,11-14H2,1-4H3,(H,26,30)(H,27,31)/t16-,17+,18-,19+,20?,25?/m1/s1. The highest BCUT2D eigenvalue weighted by molar-refractivity contribution is 8.02. The molecule has 8 heteroatoms. The fourth-order valence-electron chi connectivity index (χ4n) is 5.86. The van der Waals surface area contributed by atoms with E-state index in [2.05, 4.69) is 10.6 Å².